The van der Waals surface area contributed by atoms with Gasteiger partial charge in [0.1, 0.15) is 5.54 Å². The van der Waals surface area contributed by atoms with Gasteiger partial charge in [-0.05, 0) is 38.0 Å². The van der Waals surface area contributed by atoms with Crippen molar-refractivity contribution in [1.82, 2.24) is 10.3 Å². The molecule has 0 fully saturated rings. The third-order valence-electron chi connectivity index (χ3n) is 3.75. The SMILES string of the molecule is CC(Sc1nc2cc(Cl)ccc2s1)C(=O)NC(C)(C#N)C(C)C. The number of benzene rings is 1. The Bertz CT molecular complexity index is 768. The zero-order valence-corrected chi connectivity index (χ0v) is 15.8. The molecule has 0 radical (unpaired) electrons. The molecule has 23 heavy (non-hydrogen) atoms. The third kappa shape index (κ3) is 4.17. The minimum Gasteiger partial charge on any atom is -0.337 e. The van der Waals surface area contributed by atoms with Gasteiger partial charge >= 0.3 is 0 Å². The van der Waals surface area contributed by atoms with Crippen molar-refractivity contribution in [1.29, 1.82) is 5.26 Å². The van der Waals surface area contributed by atoms with Gasteiger partial charge in [0.2, 0.25) is 5.91 Å². The summed E-state index contributed by atoms with van der Waals surface area (Å²) in [6.45, 7) is 7.39. The number of carbonyl (C=O) groups is 1. The molecule has 0 bridgehead atoms. The lowest BCUT2D eigenvalue weighted by atomic mass is 9.90. The fourth-order valence-electron chi connectivity index (χ4n) is 1.79. The summed E-state index contributed by atoms with van der Waals surface area (Å²) < 4.78 is 1.85. The van der Waals surface area contributed by atoms with E-state index in [0.29, 0.717) is 5.02 Å². The van der Waals surface area contributed by atoms with Crippen LogP contribution in [0.4, 0.5) is 0 Å². The number of amides is 1. The van der Waals surface area contributed by atoms with Crippen LogP contribution >= 0.6 is 34.7 Å². The number of thioether (sulfide) groups is 1. The molecule has 2 rings (SSSR count). The summed E-state index contributed by atoms with van der Waals surface area (Å²) in [5.41, 5.74) is -0.0332. The molecule has 1 N–H and O–H groups in total. The molecule has 0 aliphatic heterocycles. The normalized spacial score (nSPS) is 15.2. The third-order valence-corrected chi connectivity index (χ3v) is 6.21. The Balaban J connectivity index is 2.09. The molecule has 1 amide bonds. The van der Waals surface area contributed by atoms with Crippen molar-refractivity contribution in [2.75, 3.05) is 0 Å². The summed E-state index contributed by atoms with van der Waals surface area (Å²) in [5.74, 6) is -0.136. The highest BCUT2D eigenvalue weighted by molar-refractivity contribution is 8.02. The number of rotatable bonds is 5. The summed E-state index contributed by atoms with van der Waals surface area (Å²) in [7, 11) is 0. The van der Waals surface area contributed by atoms with Crippen molar-refractivity contribution in [3.05, 3.63) is 23.2 Å². The van der Waals surface area contributed by atoms with Crippen molar-refractivity contribution in [2.45, 2.75) is 42.8 Å². The van der Waals surface area contributed by atoms with E-state index in [1.807, 2.05) is 39.0 Å². The lowest BCUT2D eigenvalue weighted by Crippen LogP contribution is -2.51. The zero-order valence-electron chi connectivity index (χ0n) is 13.4. The van der Waals surface area contributed by atoms with E-state index in [0.717, 1.165) is 14.6 Å². The molecule has 0 spiro atoms. The van der Waals surface area contributed by atoms with Gasteiger partial charge in [0.15, 0.2) is 4.34 Å². The highest BCUT2D eigenvalue weighted by Crippen LogP contribution is 2.33. The van der Waals surface area contributed by atoms with Crippen LogP contribution < -0.4 is 5.32 Å². The number of nitrogens with one attached hydrogen (secondary N) is 1. The van der Waals surface area contributed by atoms with Crippen LogP contribution in [-0.2, 0) is 4.79 Å². The molecule has 2 aromatic rings. The maximum atomic E-state index is 12.4. The van der Waals surface area contributed by atoms with Gasteiger partial charge in [0, 0.05) is 5.02 Å². The molecular formula is C16H18ClN3OS2. The van der Waals surface area contributed by atoms with Crippen LogP contribution in [0.15, 0.2) is 22.5 Å². The predicted molar refractivity (Wildman–Crippen MR) is 96.9 cm³/mol. The van der Waals surface area contributed by atoms with Crippen molar-refractivity contribution in [2.24, 2.45) is 5.92 Å². The standard InChI is InChI=1S/C16H18ClN3OS2/c1-9(2)16(4,8-18)20-14(21)10(3)22-15-19-12-7-11(17)5-6-13(12)23-15/h5-7,9-10H,1-4H3,(H,20,21). The molecule has 1 aromatic heterocycles. The van der Waals surface area contributed by atoms with E-state index in [1.165, 1.54) is 23.1 Å². The number of nitriles is 1. The number of hydrogen-bond acceptors (Lipinski definition) is 5. The molecule has 7 heteroatoms. The number of fused-ring (bicyclic) bond motifs is 1. The number of carbonyl (C=O) groups excluding carboxylic acids is 1. The average Bonchev–Trinajstić information content (AvgIpc) is 2.87. The van der Waals surface area contributed by atoms with Crippen LogP contribution in [0.2, 0.25) is 5.02 Å². The number of thiazole rings is 1. The molecule has 0 aliphatic carbocycles. The number of halogens is 1. The van der Waals surface area contributed by atoms with Crippen molar-refractivity contribution in [3.63, 3.8) is 0 Å². The summed E-state index contributed by atoms with van der Waals surface area (Å²) in [6.07, 6.45) is 0. The van der Waals surface area contributed by atoms with E-state index < -0.39 is 5.54 Å². The molecular weight excluding hydrogens is 350 g/mol. The first-order valence-electron chi connectivity index (χ1n) is 7.21. The fourth-order valence-corrected chi connectivity index (χ4v) is 4.15. The predicted octanol–water partition coefficient (Wildman–Crippen LogP) is 4.48. The van der Waals surface area contributed by atoms with Crippen LogP contribution in [0, 0.1) is 17.2 Å². The molecule has 0 saturated carbocycles. The second kappa shape index (κ2) is 7.08. The summed E-state index contributed by atoms with van der Waals surface area (Å²) in [6, 6.07) is 7.75. The number of aromatic nitrogens is 1. The van der Waals surface area contributed by atoms with Crippen LogP contribution in [-0.4, -0.2) is 21.7 Å². The zero-order chi connectivity index (χ0) is 17.2. The van der Waals surface area contributed by atoms with Gasteiger partial charge in [-0.15, -0.1) is 11.3 Å². The van der Waals surface area contributed by atoms with Crippen LogP contribution in [0.3, 0.4) is 0 Å². The molecule has 1 heterocycles. The first kappa shape index (κ1) is 18.1. The fraction of sp³-hybridized carbons (Fsp3) is 0.438. The Morgan fingerprint density at radius 3 is 2.78 bits per heavy atom. The van der Waals surface area contributed by atoms with Gasteiger partial charge in [-0.3, -0.25) is 4.79 Å². The molecule has 0 aliphatic rings. The second-order valence-corrected chi connectivity index (χ2v) is 8.87. The van der Waals surface area contributed by atoms with Crippen molar-refractivity contribution < 1.29 is 4.79 Å². The van der Waals surface area contributed by atoms with Crippen LogP contribution in [0.1, 0.15) is 27.7 Å². The Kier molecular flexibility index (Phi) is 5.56. The monoisotopic (exact) mass is 367 g/mol. The molecule has 122 valence electrons. The lowest BCUT2D eigenvalue weighted by molar-refractivity contribution is -0.121. The quantitative estimate of drug-likeness (QED) is 0.791. The molecule has 2 atom stereocenters. The molecule has 2 unspecified atom stereocenters. The van der Waals surface area contributed by atoms with Gasteiger partial charge in [0.25, 0.3) is 0 Å². The highest BCUT2D eigenvalue weighted by Gasteiger charge is 2.32. The smallest absolute Gasteiger partial charge is 0.234 e. The summed E-state index contributed by atoms with van der Waals surface area (Å²) in [4.78, 5) is 16.9. The second-order valence-electron chi connectivity index (χ2n) is 5.81. The Morgan fingerprint density at radius 2 is 2.17 bits per heavy atom. The van der Waals surface area contributed by atoms with Gasteiger partial charge in [-0.2, -0.15) is 5.26 Å². The Hall–Kier alpha value is -1.29. The first-order valence-corrected chi connectivity index (χ1v) is 9.28. The molecule has 0 saturated heterocycles. The number of nitrogens with zero attached hydrogens (tertiary/aromatic N) is 2. The van der Waals surface area contributed by atoms with Gasteiger partial charge in [-0.25, -0.2) is 4.98 Å². The van der Waals surface area contributed by atoms with Gasteiger partial charge in [-0.1, -0.05) is 37.2 Å². The largest absolute Gasteiger partial charge is 0.337 e. The van der Waals surface area contributed by atoms with Crippen molar-refractivity contribution in [3.8, 4) is 6.07 Å². The van der Waals surface area contributed by atoms with E-state index in [9.17, 15) is 10.1 Å². The lowest BCUT2D eigenvalue weighted by Gasteiger charge is -2.28. The van der Waals surface area contributed by atoms with Gasteiger partial charge in [0.05, 0.1) is 21.5 Å². The minimum atomic E-state index is -0.868. The number of hydrogen-bond donors (Lipinski definition) is 1. The van der Waals surface area contributed by atoms with E-state index in [4.69, 9.17) is 11.6 Å². The highest BCUT2D eigenvalue weighted by atomic mass is 35.5. The van der Waals surface area contributed by atoms with Crippen LogP contribution in [0.25, 0.3) is 10.2 Å². The summed E-state index contributed by atoms with van der Waals surface area (Å²) in [5, 5.41) is 12.5. The van der Waals surface area contributed by atoms with Crippen molar-refractivity contribution >= 4 is 50.8 Å². The Morgan fingerprint density at radius 1 is 1.48 bits per heavy atom. The molecule has 4 nitrogen and oxygen atoms in total. The van der Waals surface area contributed by atoms with E-state index in [1.54, 1.807) is 6.92 Å². The van der Waals surface area contributed by atoms with Crippen LogP contribution in [0.5, 0.6) is 0 Å². The van der Waals surface area contributed by atoms with Gasteiger partial charge < -0.3 is 5.32 Å². The summed E-state index contributed by atoms with van der Waals surface area (Å²) >= 11 is 8.88. The molecule has 1 aromatic carbocycles. The minimum absolute atomic E-state index is 0.0262. The maximum absolute atomic E-state index is 12.4. The maximum Gasteiger partial charge on any atom is 0.234 e. The van der Waals surface area contributed by atoms with E-state index in [-0.39, 0.29) is 17.1 Å². The van der Waals surface area contributed by atoms with E-state index >= 15 is 0 Å². The first-order chi connectivity index (χ1) is 10.7. The Labute approximate surface area is 149 Å². The average molecular weight is 368 g/mol. The van der Waals surface area contributed by atoms with E-state index in [2.05, 4.69) is 16.4 Å². The topological polar surface area (TPSA) is 65.8 Å².